The Morgan fingerprint density at radius 3 is 1.97 bits per heavy atom. The first-order valence-corrected chi connectivity index (χ1v) is 20.4. The van der Waals surface area contributed by atoms with E-state index in [0.29, 0.717) is 0 Å². The maximum atomic E-state index is 16.9. The van der Waals surface area contributed by atoms with Crippen molar-refractivity contribution in [2.24, 2.45) is 16.7 Å². The lowest BCUT2D eigenvalue weighted by Gasteiger charge is -2.67. The van der Waals surface area contributed by atoms with Crippen LogP contribution in [0.5, 0.6) is 0 Å². The highest BCUT2D eigenvalue weighted by Crippen LogP contribution is 2.64. The number of nitrogens with one attached hydrogen (secondary N) is 1. The van der Waals surface area contributed by atoms with Gasteiger partial charge in [0.05, 0.1) is 35.6 Å². The zero-order chi connectivity index (χ0) is 44.9. The monoisotopic (exact) mass is 855 g/mol. The van der Waals surface area contributed by atoms with Crippen LogP contribution >= 0.6 is 0 Å². The molecule has 0 spiro atoms. The van der Waals surface area contributed by atoms with E-state index in [-0.39, 0.29) is 40.9 Å². The minimum absolute atomic E-state index is 0.0437. The van der Waals surface area contributed by atoms with Gasteiger partial charge in [-0.15, -0.1) is 0 Å². The molecule has 2 bridgehead atoms. The van der Waals surface area contributed by atoms with Crippen LogP contribution in [-0.4, -0.2) is 100 Å². The number of hydrogen-bond acceptors (Lipinski definition) is 13. The molecular formula is C47H50FNO13. The number of fused-ring (bicyclic) bond motifs is 5. The largest absolute Gasteiger partial charge is 0.456 e. The normalized spacial score (nSPS) is 31.9. The van der Waals surface area contributed by atoms with E-state index in [2.05, 4.69) is 5.32 Å². The van der Waals surface area contributed by atoms with Crippen molar-refractivity contribution in [1.82, 2.24) is 5.32 Å². The second-order valence-corrected chi connectivity index (χ2v) is 17.3. The number of carbonyl (C=O) groups excluding carboxylic acids is 6. The third-order valence-corrected chi connectivity index (χ3v) is 13.4. The summed E-state index contributed by atoms with van der Waals surface area (Å²) in [6.45, 7) is 7.82. The van der Waals surface area contributed by atoms with Gasteiger partial charge in [-0.3, -0.25) is 19.2 Å². The number of aliphatic hydroxyl groups excluding tert-OH is 1. The van der Waals surface area contributed by atoms with Crippen molar-refractivity contribution >= 4 is 35.6 Å². The first kappa shape index (κ1) is 44.3. The van der Waals surface area contributed by atoms with Gasteiger partial charge in [-0.05, 0) is 54.8 Å². The fraction of sp³-hybridized carbons (Fsp3) is 0.447. The number of rotatable bonds is 10. The van der Waals surface area contributed by atoms with Gasteiger partial charge in [0.25, 0.3) is 5.91 Å². The minimum Gasteiger partial charge on any atom is -0.456 e. The molecule has 4 aliphatic rings. The first-order chi connectivity index (χ1) is 29.3. The molecule has 3 N–H and O–H groups in total. The second kappa shape index (κ2) is 16.5. The number of ether oxygens (including phenoxy) is 5. The van der Waals surface area contributed by atoms with Crippen LogP contribution in [0.4, 0.5) is 4.39 Å². The molecule has 1 unspecified atom stereocenters. The predicted molar refractivity (Wildman–Crippen MR) is 217 cm³/mol. The average Bonchev–Trinajstić information content (AvgIpc) is 3.24. The number of esters is 4. The fourth-order valence-electron chi connectivity index (χ4n) is 10.2. The van der Waals surface area contributed by atoms with Crippen LogP contribution in [0.2, 0.25) is 0 Å². The summed E-state index contributed by atoms with van der Waals surface area (Å²) >= 11 is 0. The third-order valence-electron chi connectivity index (χ3n) is 13.4. The zero-order valence-electron chi connectivity index (χ0n) is 35.2. The molecule has 11 atom stereocenters. The van der Waals surface area contributed by atoms with Crippen molar-refractivity contribution in [2.75, 3.05) is 6.61 Å². The van der Waals surface area contributed by atoms with E-state index in [9.17, 15) is 34.2 Å². The van der Waals surface area contributed by atoms with Crippen LogP contribution in [0.1, 0.15) is 86.7 Å². The Kier molecular flexibility index (Phi) is 11.8. The van der Waals surface area contributed by atoms with Crippen molar-refractivity contribution < 1.29 is 67.1 Å². The Bertz CT molecular complexity index is 2290. The van der Waals surface area contributed by atoms with E-state index in [1.165, 1.54) is 64.1 Å². The molecule has 1 amide bonds. The summed E-state index contributed by atoms with van der Waals surface area (Å²) in [6.07, 6.45) is -11.3. The van der Waals surface area contributed by atoms with Crippen LogP contribution in [-0.2, 0) is 42.9 Å². The number of aliphatic hydroxyl groups is 2. The fourth-order valence-corrected chi connectivity index (χ4v) is 10.2. The lowest BCUT2D eigenvalue weighted by atomic mass is 9.44. The predicted octanol–water partition coefficient (Wildman–Crippen LogP) is 4.71. The Labute approximate surface area is 357 Å². The number of ketones is 1. The summed E-state index contributed by atoms with van der Waals surface area (Å²) in [4.78, 5) is 83.2. The number of alkyl halides is 1. The van der Waals surface area contributed by atoms with E-state index in [4.69, 9.17) is 23.7 Å². The van der Waals surface area contributed by atoms with E-state index in [1.807, 2.05) is 0 Å². The Morgan fingerprint density at radius 1 is 0.839 bits per heavy atom. The van der Waals surface area contributed by atoms with Gasteiger partial charge in [-0.1, -0.05) is 80.6 Å². The number of benzene rings is 3. The number of halogens is 1. The molecule has 0 aromatic heterocycles. The summed E-state index contributed by atoms with van der Waals surface area (Å²) in [5.74, 6) is -7.25. The molecule has 7 rings (SSSR count). The minimum atomic E-state index is -2.54. The van der Waals surface area contributed by atoms with Crippen molar-refractivity contribution in [1.29, 1.82) is 0 Å². The van der Waals surface area contributed by atoms with Gasteiger partial charge in [0.2, 0.25) is 6.17 Å². The summed E-state index contributed by atoms with van der Waals surface area (Å²) in [6, 6.07) is 22.2. The summed E-state index contributed by atoms with van der Waals surface area (Å²) in [5.41, 5.74) is -7.42. The Hall–Kier alpha value is -5.77. The molecule has 1 aliphatic heterocycles. The van der Waals surface area contributed by atoms with Crippen LogP contribution in [0.3, 0.4) is 0 Å². The second-order valence-electron chi connectivity index (χ2n) is 17.3. The van der Waals surface area contributed by atoms with E-state index in [0.717, 1.165) is 13.8 Å². The van der Waals surface area contributed by atoms with Crippen LogP contribution in [0.15, 0.2) is 102 Å². The van der Waals surface area contributed by atoms with E-state index >= 15 is 9.18 Å². The summed E-state index contributed by atoms with van der Waals surface area (Å²) in [7, 11) is 0. The van der Waals surface area contributed by atoms with Crippen molar-refractivity contribution in [3.05, 3.63) is 119 Å². The molecule has 14 nitrogen and oxygen atoms in total. The van der Waals surface area contributed by atoms with E-state index in [1.54, 1.807) is 54.6 Å². The SMILES string of the molecule is CC(=O)O[C@H]1C(=O)[C@@]2(C)C([C@H](OC(=O)c3ccccc3)[C@]3(O)C[C@H](OC(=O)[C@H](F)[C@@H](NC(=O)c4ccccc4)c4ccccc4)C(C)=C1C3(C)C)[C@]1(OC(C)=O)CO[C@@H]1C[C@@H]2O. The topological polar surface area (TPSA) is 201 Å². The standard InChI is InChI=1S/C47H50FNO13/c1-25-31(60-43(56)35(48)36(28-16-10-7-11-17-28)49-41(54)29-18-12-8-13-19-29)23-47(57)40(61-42(55)30-20-14-9-15-21-30)38-45(6,32(52)22-33-46(38,24-58-33)62-27(3)51)39(53)37(59-26(2)50)34(25)44(47,4)5/h7-21,31-33,35-38,40,52,57H,22-24H2,1-6H3,(H,49,54)/t31-,32-,33+,35+,36-,37+,38?,40-,45+,46-,47+/m0/s1. The molecule has 1 saturated heterocycles. The van der Waals surface area contributed by atoms with Gasteiger partial charge in [-0.2, -0.15) is 0 Å². The maximum absolute atomic E-state index is 16.9. The van der Waals surface area contributed by atoms with E-state index < -0.39 is 113 Å². The van der Waals surface area contributed by atoms with Gasteiger partial charge < -0.3 is 39.2 Å². The molecule has 3 aromatic rings. The maximum Gasteiger partial charge on any atom is 0.343 e. The highest BCUT2D eigenvalue weighted by Gasteiger charge is 2.78. The molecule has 2 saturated carbocycles. The first-order valence-electron chi connectivity index (χ1n) is 20.4. The van der Waals surface area contributed by atoms with Crippen LogP contribution < -0.4 is 5.32 Å². The third kappa shape index (κ3) is 7.29. The highest BCUT2D eigenvalue weighted by molar-refractivity contribution is 5.96. The van der Waals surface area contributed by atoms with Gasteiger partial charge >= 0.3 is 23.9 Å². The number of carbonyl (C=O) groups is 6. The van der Waals surface area contributed by atoms with Crippen molar-refractivity contribution in [2.45, 2.75) is 108 Å². The summed E-state index contributed by atoms with van der Waals surface area (Å²) < 4.78 is 46.9. The molecule has 3 fully saturated rings. The summed E-state index contributed by atoms with van der Waals surface area (Å²) in [5, 5.41) is 28.3. The van der Waals surface area contributed by atoms with Crippen molar-refractivity contribution in [3.63, 3.8) is 0 Å². The number of amides is 1. The van der Waals surface area contributed by atoms with Gasteiger partial charge in [0.1, 0.15) is 23.9 Å². The molecular weight excluding hydrogens is 806 g/mol. The van der Waals surface area contributed by atoms with Crippen LogP contribution in [0, 0.1) is 16.7 Å². The van der Waals surface area contributed by atoms with Gasteiger partial charge in [-0.25, -0.2) is 14.0 Å². The number of Topliss-reactive ketones (excluding diaryl/α,β-unsaturated/α-hetero) is 1. The Balaban J connectivity index is 1.39. The molecule has 62 heavy (non-hydrogen) atoms. The lowest BCUT2D eigenvalue weighted by molar-refractivity contribution is -0.346. The van der Waals surface area contributed by atoms with Crippen LogP contribution in [0.25, 0.3) is 0 Å². The highest BCUT2D eigenvalue weighted by atomic mass is 19.1. The molecule has 0 radical (unpaired) electrons. The molecule has 3 aliphatic carbocycles. The molecule has 15 heteroatoms. The number of hydrogen-bond donors (Lipinski definition) is 3. The molecule has 3 aromatic carbocycles. The quantitative estimate of drug-likeness (QED) is 0.144. The molecule has 328 valence electrons. The molecule has 1 heterocycles. The van der Waals surface area contributed by atoms with Crippen molar-refractivity contribution in [3.8, 4) is 0 Å². The van der Waals surface area contributed by atoms with Gasteiger partial charge in [0.15, 0.2) is 17.5 Å². The zero-order valence-corrected chi connectivity index (χ0v) is 35.2. The lowest BCUT2D eigenvalue weighted by Crippen LogP contribution is -2.82. The van der Waals surface area contributed by atoms with Gasteiger partial charge in [0, 0.05) is 37.7 Å². The average molecular weight is 856 g/mol. The smallest absolute Gasteiger partial charge is 0.343 e. The Morgan fingerprint density at radius 2 is 1.42 bits per heavy atom.